The maximum absolute atomic E-state index is 11.3. The molecule has 12 heavy (non-hydrogen) atoms. The third-order valence-electron chi connectivity index (χ3n) is 1.36. The van der Waals surface area contributed by atoms with Gasteiger partial charge in [0.15, 0.2) is 0 Å². The number of amides is 1. The molecule has 0 saturated heterocycles. The van der Waals surface area contributed by atoms with E-state index in [1.54, 1.807) is 27.8 Å². The first-order valence-corrected chi connectivity index (χ1v) is 4.41. The average Bonchev–Trinajstić information content (AvgIpc) is 1.82. The van der Waals surface area contributed by atoms with Gasteiger partial charge in [0.2, 0.25) is 5.91 Å². The number of carbonyl (C=O) groups excluding carboxylic acids is 1. The Morgan fingerprint density at radius 3 is 2.33 bits per heavy atom. The van der Waals surface area contributed by atoms with Gasteiger partial charge >= 0.3 is 0 Å². The predicted molar refractivity (Wildman–Crippen MR) is 52.4 cm³/mol. The Morgan fingerprint density at radius 2 is 2.08 bits per heavy atom. The molecule has 0 aliphatic heterocycles. The Bertz CT molecular complexity index is 163. The van der Waals surface area contributed by atoms with E-state index in [1.165, 1.54) is 4.90 Å². The van der Waals surface area contributed by atoms with Crippen LogP contribution in [0.25, 0.3) is 0 Å². The van der Waals surface area contributed by atoms with Gasteiger partial charge < -0.3 is 10.0 Å². The summed E-state index contributed by atoms with van der Waals surface area (Å²) in [7, 11) is 1.66. The minimum absolute atomic E-state index is 0.0690. The van der Waals surface area contributed by atoms with Crippen LogP contribution in [-0.2, 0) is 4.79 Å². The molecule has 0 fully saturated rings. The van der Waals surface area contributed by atoms with Crippen molar-refractivity contribution < 1.29 is 9.90 Å². The van der Waals surface area contributed by atoms with E-state index in [0.29, 0.717) is 6.54 Å². The maximum Gasteiger partial charge on any atom is 0.234 e. The molecule has 4 heteroatoms. The van der Waals surface area contributed by atoms with Gasteiger partial charge in [-0.1, -0.05) is 0 Å². The summed E-state index contributed by atoms with van der Waals surface area (Å²) in [6.07, 6.45) is 0. The van der Waals surface area contributed by atoms with Gasteiger partial charge in [0, 0.05) is 13.6 Å². The molecule has 0 aromatic carbocycles. The molecule has 1 N–H and O–H groups in total. The van der Waals surface area contributed by atoms with Crippen LogP contribution in [0.3, 0.4) is 0 Å². The van der Waals surface area contributed by atoms with Crippen LogP contribution in [0.15, 0.2) is 0 Å². The third kappa shape index (κ3) is 4.62. The molecule has 0 heterocycles. The highest BCUT2D eigenvalue weighted by Gasteiger charge is 2.20. The highest BCUT2D eigenvalue weighted by molar-refractivity contribution is 7.81. The van der Waals surface area contributed by atoms with E-state index in [4.69, 9.17) is 0 Å². The lowest BCUT2D eigenvalue weighted by Gasteiger charge is -2.26. The predicted octanol–water partition coefficient (Wildman–Crippen LogP) is 0.534. The summed E-state index contributed by atoms with van der Waals surface area (Å²) in [5.41, 5.74) is -0.840. The smallest absolute Gasteiger partial charge is 0.234 e. The number of hydrogen-bond donors (Lipinski definition) is 2. The van der Waals surface area contributed by atoms with Gasteiger partial charge in [0.05, 0.1) is 10.9 Å². The van der Waals surface area contributed by atoms with Gasteiger partial charge in [-0.15, -0.1) is 0 Å². The molecule has 3 nitrogen and oxygen atoms in total. The van der Waals surface area contributed by atoms with Crippen LogP contribution in [0.4, 0.5) is 0 Å². The molecule has 72 valence electrons. The van der Waals surface area contributed by atoms with Gasteiger partial charge in [-0.05, 0) is 20.8 Å². The van der Waals surface area contributed by atoms with Crippen LogP contribution in [0.1, 0.15) is 20.8 Å². The highest BCUT2D eigenvalue weighted by atomic mass is 32.1. The number of carbonyl (C=O) groups is 1. The average molecular weight is 191 g/mol. The van der Waals surface area contributed by atoms with Crippen LogP contribution in [0.5, 0.6) is 0 Å². The lowest BCUT2D eigenvalue weighted by Crippen LogP contribution is -2.42. The van der Waals surface area contributed by atoms with Crippen molar-refractivity contribution in [2.75, 3.05) is 13.6 Å². The second-order valence-electron chi connectivity index (χ2n) is 3.68. The van der Waals surface area contributed by atoms with E-state index in [1.807, 2.05) is 0 Å². The number of nitrogens with zero attached hydrogens (tertiary/aromatic N) is 1. The van der Waals surface area contributed by atoms with Gasteiger partial charge in [-0.25, -0.2) is 0 Å². The zero-order chi connectivity index (χ0) is 9.94. The summed E-state index contributed by atoms with van der Waals surface area (Å²) in [6.45, 7) is 5.38. The van der Waals surface area contributed by atoms with Crippen molar-refractivity contribution in [2.24, 2.45) is 0 Å². The summed E-state index contributed by atoms with van der Waals surface area (Å²) in [5, 5.41) is 9.09. The Kier molecular flexibility index (Phi) is 4.06. The van der Waals surface area contributed by atoms with Crippen molar-refractivity contribution in [1.82, 2.24) is 4.90 Å². The molecule has 0 radical (unpaired) electrons. The van der Waals surface area contributed by atoms with Crippen molar-refractivity contribution in [2.45, 2.75) is 31.6 Å². The maximum atomic E-state index is 11.3. The summed E-state index contributed by atoms with van der Waals surface area (Å²) < 4.78 is 0. The quantitative estimate of drug-likeness (QED) is 0.639. The SMILES string of the molecule is CC(S)C(=O)N(C)CC(C)(C)O. The standard InChI is InChI=1S/C8H17NO2S/c1-6(12)7(10)9(4)5-8(2,3)11/h6,11-12H,5H2,1-4H3. The lowest BCUT2D eigenvalue weighted by molar-refractivity contribution is -0.131. The molecule has 0 aromatic heterocycles. The summed E-state index contributed by atoms with van der Waals surface area (Å²) in [4.78, 5) is 12.7. The van der Waals surface area contributed by atoms with Crippen molar-refractivity contribution in [1.29, 1.82) is 0 Å². The molecule has 0 aliphatic rings. The van der Waals surface area contributed by atoms with Crippen LogP contribution in [-0.4, -0.2) is 40.4 Å². The molecule has 0 rings (SSSR count). The Hall–Kier alpha value is -0.220. The fraction of sp³-hybridized carbons (Fsp3) is 0.875. The van der Waals surface area contributed by atoms with Crippen LogP contribution < -0.4 is 0 Å². The first-order chi connectivity index (χ1) is 5.24. The van der Waals surface area contributed by atoms with E-state index in [-0.39, 0.29) is 11.2 Å². The Balaban J connectivity index is 4.05. The minimum Gasteiger partial charge on any atom is -0.389 e. The molecule has 1 amide bonds. The highest BCUT2D eigenvalue weighted by Crippen LogP contribution is 2.06. The van der Waals surface area contributed by atoms with E-state index in [9.17, 15) is 9.90 Å². The molecule has 0 saturated carbocycles. The summed E-state index contributed by atoms with van der Waals surface area (Å²) in [5.74, 6) is -0.0690. The monoisotopic (exact) mass is 191 g/mol. The molecule has 0 bridgehead atoms. The van der Waals surface area contributed by atoms with Gasteiger partial charge in [0.1, 0.15) is 0 Å². The fourth-order valence-corrected chi connectivity index (χ4v) is 1.17. The number of thiol groups is 1. The van der Waals surface area contributed by atoms with Crippen molar-refractivity contribution in [3.8, 4) is 0 Å². The normalized spacial score (nSPS) is 14.2. The largest absolute Gasteiger partial charge is 0.389 e. The molecule has 1 unspecified atom stereocenters. The second-order valence-corrected chi connectivity index (χ2v) is 4.46. The van der Waals surface area contributed by atoms with Crippen LogP contribution >= 0.6 is 12.6 Å². The summed E-state index contributed by atoms with van der Waals surface area (Å²) >= 11 is 4.01. The lowest BCUT2D eigenvalue weighted by atomic mass is 10.1. The molecule has 1 atom stereocenters. The number of likely N-dealkylation sites (N-methyl/N-ethyl adjacent to an activating group) is 1. The second kappa shape index (κ2) is 4.14. The van der Waals surface area contributed by atoms with Crippen molar-refractivity contribution in [3.63, 3.8) is 0 Å². The molecular formula is C8H17NO2S. The zero-order valence-electron chi connectivity index (χ0n) is 8.03. The minimum atomic E-state index is -0.840. The summed E-state index contributed by atoms with van der Waals surface area (Å²) in [6, 6.07) is 0. The third-order valence-corrected chi connectivity index (χ3v) is 1.58. The van der Waals surface area contributed by atoms with Gasteiger partial charge in [-0.2, -0.15) is 12.6 Å². The van der Waals surface area contributed by atoms with Crippen LogP contribution in [0.2, 0.25) is 0 Å². The molecule has 0 spiro atoms. The number of hydrogen-bond acceptors (Lipinski definition) is 3. The first-order valence-electron chi connectivity index (χ1n) is 3.89. The molecular weight excluding hydrogens is 174 g/mol. The fourth-order valence-electron chi connectivity index (χ4n) is 0.977. The number of rotatable bonds is 3. The van der Waals surface area contributed by atoms with E-state index in [0.717, 1.165) is 0 Å². The number of aliphatic hydroxyl groups is 1. The van der Waals surface area contributed by atoms with Crippen molar-refractivity contribution in [3.05, 3.63) is 0 Å². The topological polar surface area (TPSA) is 40.5 Å². The van der Waals surface area contributed by atoms with E-state index < -0.39 is 5.60 Å². The van der Waals surface area contributed by atoms with Gasteiger partial charge in [0.25, 0.3) is 0 Å². The zero-order valence-corrected chi connectivity index (χ0v) is 8.93. The Morgan fingerprint density at radius 1 is 1.67 bits per heavy atom. The molecule has 0 aliphatic carbocycles. The first kappa shape index (κ1) is 11.8. The molecule has 0 aromatic rings. The van der Waals surface area contributed by atoms with Crippen LogP contribution in [0, 0.1) is 0 Å². The van der Waals surface area contributed by atoms with E-state index >= 15 is 0 Å². The Labute approximate surface area is 79.2 Å². The van der Waals surface area contributed by atoms with E-state index in [2.05, 4.69) is 12.6 Å². The van der Waals surface area contributed by atoms with Crippen molar-refractivity contribution >= 4 is 18.5 Å². The van der Waals surface area contributed by atoms with Gasteiger partial charge in [-0.3, -0.25) is 4.79 Å².